The third-order valence-electron chi connectivity index (χ3n) is 4.62. The van der Waals surface area contributed by atoms with Crippen LogP contribution in [0.4, 0.5) is 13.2 Å². The Morgan fingerprint density at radius 1 is 1.21 bits per heavy atom. The normalized spacial score (nSPS) is 31.1. The highest BCUT2D eigenvalue weighted by Crippen LogP contribution is 2.59. The van der Waals surface area contributed by atoms with Gasteiger partial charge in [-0.1, -0.05) is 24.6 Å². The molecule has 3 unspecified atom stereocenters. The fourth-order valence-electron chi connectivity index (χ4n) is 3.70. The van der Waals surface area contributed by atoms with E-state index in [-0.39, 0.29) is 0 Å². The van der Waals surface area contributed by atoms with E-state index >= 15 is 0 Å². The first kappa shape index (κ1) is 13.0. The molecule has 19 heavy (non-hydrogen) atoms. The Labute approximate surface area is 110 Å². The van der Waals surface area contributed by atoms with Crippen LogP contribution < -0.4 is 0 Å². The van der Waals surface area contributed by atoms with E-state index in [2.05, 4.69) is 0 Å². The maximum Gasteiger partial charge on any atom is 0.416 e. The van der Waals surface area contributed by atoms with Gasteiger partial charge in [-0.25, -0.2) is 0 Å². The summed E-state index contributed by atoms with van der Waals surface area (Å²) in [6, 6.07) is 5.30. The van der Waals surface area contributed by atoms with Crippen molar-refractivity contribution >= 4 is 0 Å². The van der Waals surface area contributed by atoms with Gasteiger partial charge in [-0.05, 0) is 48.6 Å². The van der Waals surface area contributed by atoms with Gasteiger partial charge in [0.25, 0.3) is 0 Å². The number of alkyl halides is 3. The molecule has 0 amide bonds. The molecular formula is C15H17F3O. The third kappa shape index (κ3) is 2.50. The van der Waals surface area contributed by atoms with Crippen LogP contribution in [0.25, 0.3) is 0 Å². The number of aliphatic hydroxyl groups is 1. The first-order valence-electron chi connectivity index (χ1n) is 6.81. The van der Waals surface area contributed by atoms with E-state index in [0.717, 1.165) is 12.1 Å². The van der Waals surface area contributed by atoms with Crippen molar-refractivity contribution in [2.45, 2.75) is 38.0 Å². The number of hydrogen-bond acceptors (Lipinski definition) is 1. The van der Waals surface area contributed by atoms with E-state index < -0.39 is 17.8 Å². The van der Waals surface area contributed by atoms with Gasteiger partial charge in [-0.15, -0.1) is 0 Å². The molecule has 104 valence electrons. The maximum absolute atomic E-state index is 12.6. The number of aliphatic hydroxyl groups excluding tert-OH is 1. The fourth-order valence-corrected chi connectivity index (χ4v) is 3.70. The van der Waals surface area contributed by atoms with Crippen molar-refractivity contribution in [1.82, 2.24) is 0 Å². The number of hydrogen-bond donors (Lipinski definition) is 1. The lowest BCUT2D eigenvalue weighted by atomic mass is 9.98. The molecule has 2 aliphatic rings. The smallest absolute Gasteiger partial charge is 0.392 e. The summed E-state index contributed by atoms with van der Waals surface area (Å²) in [4.78, 5) is 0. The second kappa shape index (κ2) is 4.51. The van der Waals surface area contributed by atoms with Crippen LogP contribution in [0, 0.1) is 17.8 Å². The highest BCUT2D eigenvalue weighted by molar-refractivity contribution is 5.26. The maximum atomic E-state index is 12.6. The standard InChI is InChI=1S/C15H17F3O/c16-15(17,18)10-4-1-3-9(7-10)8-13(19)14-11-5-2-6-12(11)14/h1,3-4,7,11-14,19H,2,5-6,8H2. The van der Waals surface area contributed by atoms with Gasteiger partial charge in [0.05, 0.1) is 11.7 Å². The third-order valence-corrected chi connectivity index (χ3v) is 4.62. The minimum absolute atomic E-state index is 0.322. The van der Waals surface area contributed by atoms with E-state index in [1.54, 1.807) is 6.07 Å². The van der Waals surface area contributed by atoms with Crippen LogP contribution >= 0.6 is 0 Å². The molecule has 2 aliphatic carbocycles. The van der Waals surface area contributed by atoms with E-state index in [9.17, 15) is 18.3 Å². The summed E-state index contributed by atoms with van der Waals surface area (Å²) < 4.78 is 37.8. The molecule has 1 aromatic rings. The van der Waals surface area contributed by atoms with Crippen LogP contribution in [0.1, 0.15) is 30.4 Å². The van der Waals surface area contributed by atoms with Gasteiger partial charge in [0.15, 0.2) is 0 Å². The summed E-state index contributed by atoms with van der Waals surface area (Å²) in [7, 11) is 0. The van der Waals surface area contributed by atoms with Crippen molar-refractivity contribution in [2.24, 2.45) is 17.8 Å². The molecule has 0 aliphatic heterocycles. The highest BCUT2D eigenvalue weighted by atomic mass is 19.4. The second-order valence-electron chi connectivity index (χ2n) is 5.81. The Hall–Kier alpha value is -1.03. The molecule has 4 heteroatoms. The van der Waals surface area contributed by atoms with Gasteiger partial charge < -0.3 is 5.11 Å². The summed E-state index contributed by atoms with van der Waals surface area (Å²) in [6.07, 6.45) is -0.871. The minimum Gasteiger partial charge on any atom is -0.392 e. The van der Waals surface area contributed by atoms with Crippen LogP contribution in [0.15, 0.2) is 24.3 Å². The molecule has 3 rings (SSSR count). The fraction of sp³-hybridized carbons (Fsp3) is 0.600. The van der Waals surface area contributed by atoms with Gasteiger partial charge >= 0.3 is 6.18 Å². The molecule has 0 saturated heterocycles. The van der Waals surface area contributed by atoms with Gasteiger partial charge in [-0.3, -0.25) is 0 Å². The molecule has 2 saturated carbocycles. The summed E-state index contributed by atoms with van der Waals surface area (Å²) in [5.41, 5.74) is -0.0551. The van der Waals surface area contributed by atoms with E-state index in [4.69, 9.17) is 0 Å². The predicted molar refractivity (Wildman–Crippen MR) is 65.5 cm³/mol. The molecule has 0 heterocycles. The lowest BCUT2D eigenvalue weighted by Crippen LogP contribution is -2.17. The van der Waals surface area contributed by atoms with Crippen LogP contribution in [-0.2, 0) is 12.6 Å². The van der Waals surface area contributed by atoms with Crippen molar-refractivity contribution in [3.05, 3.63) is 35.4 Å². The zero-order valence-corrected chi connectivity index (χ0v) is 10.5. The topological polar surface area (TPSA) is 20.2 Å². The Bertz CT molecular complexity index is 459. The zero-order valence-electron chi connectivity index (χ0n) is 10.5. The predicted octanol–water partition coefficient (Wildman–Crippen LogP) is 3.65. The quantitative estimate of drug-likeness (QED) is 0.888. The van der Waals surface area contributed by atoms with Crippen molar-refractivity contribution in [3.8, 4) is 0 Å². The minimum atomic E-state index is -4.31. The van der Waals surface area contributed by atoms with Crippen molar-refractivity contribution in [1.29, 1.82) is 0 Å². The molecule has 0 radical (unpaired) electrons. The van der Waals surface area contributed by atoms with E-state index in [1.165, 1.54) is 25.3 Å². The molecule has 0 aromatic heterocycles. The summed E-state index contributed by atoms with van der Waals surface area (Å²) >= 11 is 0. The number of halogens is 3. The Morgan fingerprint density at radius 3 is 2.53 bits per heavy atom. The average Bonchev–Trinajstić information content (AvgIpc) is 2.83. The molecule has 1 aromatic carbocycles. The molecule has 1 N–H and O–H groups in total. The lowest BCUT2D eigenvalue weighted by molar-refractivity contribution is -0.137. The monoisotopic (exact) mass is 270 g/mol. The van der Waals surface area contributed by atoms with Gasteiger partial charge in [-0.2, -0.15) is 13.2 Å². The zero-order chi connectivity index (χ0) is 13.6. The molecule has 0 bridgehead atoms. The molecule has 1 nitrogen and oxygen atoms in total. The first-order valence-corrected chi connectivity index (χ1v) is 6.81. The highest BCUT2D eigenvalue weighted by Gasteiger charge is 2.55. The van der Waals surface area contributed by atoms with Crippen LogP contribution in [0.3, 0.4) is 0 Å². The molecule has 0 spiro atoms. The Kier molecular flexibility index (Phi) is 3.08. The SMILES string of the molecule is OC(Cc1cccc(C(F)(F)F)c1)C1C2CCCC21. The number of fused-ring (bicyclic) bond motifs is 1. The van der Waals surface area contributed by atoms with E-state index in [0.29, 0.717) is 29.7 Å². The van der Waals surface area contributed by atoms with Crippen molar-refractivity contribution in [3.63, 3.8) is 0 Å². The van der Waals surface area contributed by atoms with Crippen LogP contribution in [0.2, 0.25) is 0 Å². The van der Waals surface area contributed by atoms with Crippen LogP contribution in [0.5, 0.6) is 0 Å². The van der Waals surface area contributed by atoms with E-state index in [1.807, 2.05) is 0 Å². The summed E-state index contributed by atoms with van der Waals surface area (Å²) in [5, 5.41) is 10.2. The largest absolute Gasteiger partial charge is 0.416 e. The van der Waals surface area contributed by atoms with Crippen LogP contribution in [-0.4, -0.2) is 11.2 Å². The summed E-state index contributed by atoms with van der Waals surface area (Å²) in [6.45, 7) is 0. The van der Waals surface area contributed by atoms with Crippen molar-refractivity contribution < 1.29 is 18.3 Å². The lowest BCUT2D eigenvalue weighted by Gasteiger charge is -2.14. The van der Waals surface area contributed by atoms with Gasteiger partial charge in [0.2, 0.25) is 0 Å². The average molecular weight is 270 g/mol. The molecular weight excluding hydrogens is 253 g/mol. The summed E-state index contributed by atoms with van der Waals surface area (Å²) in [5.74, 6) is 1.57. The molecule has 2 fully saturated rings. The first-order chi connectivity index (χ1) is 8.97. The molecule has 3 atom stereocenters. The number of benzene rings is 1. The second-order valence-corrected chi connectivity index (χ2v) is 5.81. The number of rotatable bonds is 3. The van der Waals surface area contributed by atoms with Gasteiger partial charge in [0.1, 0.15) is 0 Å². The van der Waals surface area contributed by atoms with Crippen molar-refractivity contribution in [2.75, 3.05) is 0 Å². The van der Waals surface area contributed by atoms with Gasteiger partial charge in [0, 0.05) is 0 Å². The Morgan fingerprint density at radius 2 is 1.89 bits per heavy atom. The Balaban J connectivity index is 1.67.